The molecule has 0 heterocycles. The first-order valence-corrected chi connectivity index (χ1v) is 6.66. The second kappa shape index (κ2) is 5.24. The second-order valence-electron chi connectivity index (χ2n) is 6.45. The molecule has 0 spiro atoms. The summed E-state index contributed by atoms with van der Waals surface area (Å²) in [5.41, 5.74) is 0.950. The zero-order valence-electron chi connectivity index (χ0n) is 12.1. The van der Waals surface area contributed by atoms with Crippen LogP contribution >= 0.6 is 0 Å². The first kappa shape index (κ1) is 14.3. The van der Waals surface area contributed by atoms with Crippen molar-refractivity contribution in [2.45, 2.75) is 54.4 Å². The average Bonchev–Trinajstić information content (AvgIpc) is 2.51. The summed E-state index contributed by atoms with van der Waals surface area (Å²) < 4.78 is 5.82. The molecule has 0 aliphatic heterocycles. The van der Waals surface area contributed by atoms with E-state index < -0.39 is 0 Å². The highest BCUT2D eigenvalue weighted by Crippen LogP contribution is 2.41. The zero-order chi connectivity index (χ0) is 13.2. The summed E-state index contributed by atoms with van der Waals surface area (Å²) in [5.74, 6) is 1.86. The minimum absolute atomic E-state index is 0.0282. The van der Waals surface area contributed by atoms with E-state index in [1.165, 1.54) is 0 Å². The van der Waals surface area contributed by atoms with Gasteiger partial charge in [0.2, 0.25) is 0 Å². The molecule has 0 bridgehead atoms. The van der Waals surface area contributed by atoms with Crippen LogP contribution in [0.3, 0.4) is 0 Å². The number of carbonyl (C=O) groups excluding carboxylic acids is 1. The molecule has 0 aromatic carbocycles. The zero-order valence-corrected chi connectivity index (χ0v) is 12.1. The van der Waals surface area contributed by atoms with Crippen LogP contribution in [0.4, 0.5) is 0 Å². The van der Waals surface area contributed by atoms with Gasteiger partial charge in [-0.05, 0) is 17.8 Å². The lowest BCUT2D eigenvalue weighted by Gasteiger charge is -2.25. The molecule has 98 valence electrons. The van der Waals surface area contributed by atoms with Crippen LogP contribution in [0, 0.1) is 17.3 Å². The maximum absolute atomic E-state index is 12.3. The van der Waals surface area contributed by atoms with Gasteiger partial charge in [0.25, 0.3) is 0 Å². The van der Waals surface area contributed by atoms with Crippen LogP contribution in [-0.4, -0.2) is 12.4 Å². The SMILES string of the molecule is CCC1=C(OCC(C)C)CC(C(C)(C)C)C1=O. The third-order valence-corrected chi connectivity index (χ3v) is 3.33. The fourth-order valence-electron chi connectivity index (χ4n) is 2.23. The molecule has 1 atom stereocenters. The molecule has 0 aromatic heterocycles. The molecule has 0 aromatic rings. The van der Waals surface area contributed by atoms with E-state index in [-0.39, 0.29) is 11.3 Å². The maximum Gasteiger partial charge on any atom is 0.166 e. The molecule has 2 heteroatoms. The second-order valence-corrected chi connectivity index (χ2v) is 6.45. The van der Waals surface area contributed by atoms with Gasteiger partial charge >= 0.3 is 0 Å². The summed E-state index contributed by atoms with van der Waals surface area (Å²) in [6, 6.07) is 0. The summed E-state index contributed by atoms with van der Waals surface area (Å²) >= 11 is 0. The Hall–Kier alpha value is -0.790. The molecule has 17 heavy (non-hydrogen) atoms. The van der Waals surface area contributed by atoms with Crippen molar-refractivity contribution in [3.8, 4) is 0 Å². The van der Waals surface area contributed by atoms with E-state index in [9.17, 15) is 4.79 Å². The highest BCUT2D eigenvalue weighted by atomic mass is 16.5. The molecular weight excluding hydrogens is 212 g/mol. The molecule has 0 fully saturated rings. The van der Waals surface area contributed by atoms with Crippen molar-refractivity contribution in [1.29, 1.82) is 0 Å². The van der Waals surface area contributed by atoms with Crippen molar-refractivity contribution in [1.82, 2.24) is 0 Å². The lowest BCUT2D eigenvalue weighted by atomic mass is 9.78. The van der Waals surface area contributed by atoms with Gasteiger partial charge in [-0.25, -0.2) is 0 Å². The van der Waals surface area contributed by atoms with Crippen LogP contribution in [0.15, 0.2) is 11.3 Å². The molecule has 1 aliphatic carbocycles. The molecule has 2 nitrogen and oxygen atoms in total. The van der Waals surface area contributed by atoms with E-state index in [1.54, 1.807) is 0 Å². The summed E-state index contributed by atoms with van der Waals surface area (Å²) in [6.45, 7) is 13.4. The molecule has 0 N–H and O–H groups in total. The molecular formula is C15H26O2. The Morgan fingerprint density at radius 3 is 2.35 bits per heavy atom. The van der Waals surface area contributed by atoms with Crippen LogP contribution in [0.2, 0.25) is 0 Å². The van der Waals surface area contributed by atoms with Crippen LogP contribution in [0.1, 0.15) is 54.4 Å². The third kappa shape index (κ3) is 3.34. The van der Waals surface area contributed by atoms with Gasteiger partial charge in [-0.3, -0.25) is 4.79 Å². The summed E-state index contributed by atoms with van der Waals surface area (Å²) in [7, 11) is 0. The van der Waals surface area contributed by atoms with Crippen LogP contribution in [-0.2, 0) is 9.53 Å². The van der Waals surface area contributed by atoms with Gasteiger partial charge < -0.3 is 4.74 Å². The van der Waals surface area contributed by atoms with Crippen LogP contribution in [0.5, 0.6) is 0 Å². The maximum atomic E-state index is 12.3. The smallest absolute Gasteiger partial charge is 0.166 e. The number of hydrogen-bond acceptors (Lipinski definition) is 2. The van der Waals surface area contributed by atoms with Crippen LogP contribution in [0.25, 0.3) is 0 Å². The van der Waals surface area contributed by atoms with E-state index in [1.807, 2.05) is 6.92 Å². The largest absolute Gasteiger partial charge is 0.497 e. The van der Waals surface area contributed by atoms with Gasteiger partial charge in [0.15, 0.2) is 5.78 Å². The van der Waals surface area contributed by atoms with Gasteiger partial charge in [-0.15, -0.1) is 0 Å². The third-order valence-electron chi connectivity index (χ3n) is 3.33. The highest BCUT2D eigenvalue weighted by Gasteiger charge is 2.40. The Morgan fingerprint density at radius 1 is 1.35 bits per heavy atom. The summed E-state index contributed by atoms with van der Waals surface area (Å²) in [4.78, 5) is 12.3. The van der Waals surface area contributed by atoms with Crippen molar-refractivity contribution < 1.29 is 9.53 Å². The molecule has 0 radical (unpaired) electrons. The molecule has 0 saturated heterocycles. The fraction of sp³-hybridized carbons (Fsp3) is 0.800. The monoisotopic (exact) mass is 238 g/mol. The standard InChI is InChI=1S/C15H26O2/c1-7-11-13(17-9-10(2)3)8-12(14(11)16)15(4,5)6/h10,12H,7-9H2,1-6H3. The van der Waals surface area contributed by atoms with Crippen molar-refractivity contribution in [2.75, 3.05) is 6.61 Å². The van der Waals surface area contributed by atoms with E-state index >= 15 is 0 Å². The molecule has 1 rings (SSSR count). The number of carbonyl (C=O) groups is 1. The number of ketones is 1. The number of rotatable bonds is 4. The minimum Gasteiger partial charge on any atom is -0.497 e. The van der Waals surface area contributed by atoms with Crippen molar-refractivity contribution in [3.05, 3.63) is 11.3 Å². The lowest BCUT2D eigenvalue weighted by molar-refractivity contribution is -0.121. The van der Waals surface area contributed by atoms with Gasteiger partial charge in [-0.1, -0.05) is 41.5 Å². The molecule has 0 saturated carbocycles. The van der Waals surface area contributed by atoms with Gasteiger partial charge in [0.05, 0.1) is 6.61 Å². The number of hydrogen-bond donors (Lipinski definition) is 0. The Balaban J connectivity index is 2.81. The van der Waals surface area contributed by atoms with Gasteiger partial charge in [0.1, 0.15) is 5.76 Å². The topological polar surface area (TPSA) is 26.3 Å². The Morgan fingerprint density at radius 2 is 1.94 bits per heavy atom. The lowest BCUT2D eigenvalue weighted by Crippen LogP contribution is -2.25. The molecule has 1 unspecified atom stereocenters. The minimum atomic E-state index is 0.0282. The van der Waals surface area contributed by atoms with Crippen molar-refractivity contribution in [2.24, 2.45) is 17.3 Å². The predicted molar refractivity (Wildman–Crippen MR) is 70.7 cm³/mol. The Bertz CT molecular complexity index is 318. The Labute approximate surface area is 105 Å². The van der Waals surface area contributed by atoms with Gasteiger partial charge in [-0.2, -0.15) is 0 Å². The van der Waals surface area contributed by atoms with E-state index in [4.69, 9.17) is 4.74 Å². The van der Waals surface area contributed by atoms with E-state index in [0.29, 0.717) is 18.3 Å². The fourth-order valence-corrected chi connectivity index (χ4v) is 2.23. The first-order valence-electron chi connectivity index (χ1n) is 6.66. The quantitative estimate of drug-likeness (QED) is 0.741. The van der Waals surface area contributed by atoms with Crippen molar-refractivity contribution in [3.63, 3.8) is 0 Å². The summed E-state index contributed by atoms with van der Waals surface area (Å²) in [5, 5.41) is 0. The Kier molecular flexibility index (Phi) is 4.40. The van der Waals surface area contributed by atoms with Gasteiger partial charge in [0, 0.05) is 17.9 Å². The highest BCUT2D eigenvalue weighted by molar-refractivity contribution is 6.00. The predicted octanol–water partition coefficient (Wildman–Crippen LogP) is 3.96. The molecule has 1 aliphatic rings. The first-order chi connectivity index (χ1) is 7.77. The number of allylic oxidation sites excluding steroid dienone is 2. The number of ether oxygens (including phenoxy) is 1. The average molecular weight is 238 g/mol. The van der Waals surface area contributed by atoms with E-state index in [2.05, 4.69) is 34.6 Å². The van der Waals surface area contributed by atoms with E-state index in [0.717, 1.165) is 24.2 Å². The normalized spacial score (nSPS) is 21.6. The summed E-state index contributed by atoms with van der Waals surface area (Å²) in [6.07, 6.45) is 1.58. The van der Waals surface area contributed by atoms with Crippen LogP contribution < -0.4 is 0 Å². The number of Topliss-reactive ketones (excluding diaryl/α,β-unsaturated/α-hetero) is 1. The van der Waals surface area contributed by atoms with Crippen molar-refractivity contribution >= 4 is 5.78 Å². The molecule has 0 amide bonds.